The molecule has 3 rings (SSSR count). The van der Waals surface area contributed by atoms with Crippen molar-refractivity contribution in [2.75, 3.05) is 23.3 Å². The Balaban J connectivity index is 2.14. The van der Waals surface area contributed by atoms with Crippen molar-refractivity contribution in [1.82, 2.24) is 4.98 Å². The Bertz CT molecular complexity index is 396. The minimum absolute atomic E-state index is 0.527. The molecule has 0 radical (unpaired) electrons. The van der Waals surface area contributed by atoms with Gasteiger partial charge < -0.3 is 10.2 Å². The van der Waals surface area contributed by atoms with Crippen molar-refractivity contribution in [3.63, 3.8) is 0 Å². The summed E-state index contributed by atoms with van der Waals surface area (Å²) >= 11 is 9.34. The molecule has 1 aromatic heterocycles. The van der Waals surface area contributed by atoms with E-state index in [4.69, 9.17) is 11.6 Å². The monoisotopic (exact) mass is 273 g/mol. The van der Waals surface area contributed by atoms with Gasteiger partial charge in [0, 0.05) is 19.1 Å². The van der Waals surface area contributed by atoms with Crippen LogP contribution in [0, 0.1) is 0 Å². The van der Waals surface area contributed by atoms with Gasteiger partial charge in [0.25, 0.3) is 0 Å². The van der Waals surface area contributed by atoms with E-state index in [1.165, 1.54) is 6.42 Å². The molecule has 2 aliphatic rings. The van der Waals surface area contributed by atoms with Gasteiger partial charge in [-0.3, -0.25) is 0 Å². The van der Waals surface area contributed by atoms with Crippen LogP contribution >= 0.6 is 27.5 Å². The van der Waals surface area contributed by atoms with E-state index in [9.17, 15) is 0 Å². The molecule has 1 saturated heterocycles. The van der Waals surface area contributed by atoms with Crippen molar-refractivity contribution < 1.29 is 0 Å². The minimum Gasteiger partial charge on any atom is -0.366 e. The molecular weight excluding hydrogens is 265 g/mol. The fourth-order valence-electron chi connectivity index (χ4n) is 2.09. The van der Waals surface area contributed by atoms with E-state index in [2.05, 4.69) is 31.1 Å². The van der Waals surface area contributed by atoms with Crippen LogP contribution in [0.5, 0.6) is 0 Å². The zero-order valence-electron chi connectivity index (χ0n) is 7.43. The zero-order valence-corrected chi connectivity index (χ0v) is 9.77. The highest BCUT2D eigenvalue weighted by Crippen LogP contribution is 2.37. The lowest BCUT2D eigenvalue weighted by atomic mass is 10.2. The number of hydrogen-bond acceptors (Lipinski definition) is 3. The maximum atomic E-state index is 5.94. The molecule has 1 atom stereocenters. The number of nitrogens with zero attached hydrogens (tertiary/aromatic N) is 2. The zero-order chi connectivity index (χ0) is 9.71. The number of anilines is 2. The Morgan fingerprint density at radius 1 is 1.64 bits per heavy atom. The van der Waals surface area contributed by atoms with Crippen molar-refractivity contribution in [3.05, 3.63) is 15.7 Å². The lowest BCUT2D eigenvalue weighted by Crippen LogP contribution is -2.32. The topological polar surface area (TPSA) is 28.2 Å². The summed E-state index contributed by atoms with van der Waals surface area (Å²) in [4.78, 5) is 6.67. The van der Waals surface area contributed by atoms with Crippen LogP contribution in [0.1, 0.15) is 6.42 Å². The molecule has 0 amide bonds. The Kier molecular flexibility index (Phi) is 1.89. The number of fused-ring (bicyclic) bond motifs is 4. The fraction of sp³-hybridized carbons (Fsp3) is 0.444. The normalized spacial score (nSPS) is 23.3. The summed E-state index contributed by atoms with van der Waals surface area (Å²) in [5.41, 5.74) is 1.16. The summed E-state index contributed by atoms with van der Waals surface area (Å²) in [6.45, 7) is 2.20. The van der Waals surface area contributed by atoms with Crippen LogP contribution in [0.3, 0.4) is 0 Å². The van der Waals surface area contributed by atoms with Crippen LogP contribution in [-0.2, 0) is 0 Å². The van der Waals surface area contributed by atoms with E-state index in [-0.39, 0.29) is 0 Å². The third kappa shape index (κ3) is 1.21. The Morgan fingerprint density at radius 3 is 3.36 bits per heavy atom. The molecule has 14 heavy (non-hydrogen) atoms. The molecule has 0 aliphatic carbocycles. The van der Waals surface area contributed by atoms with Gasteiger partial charge in [0.1, 0.15) is 5.15 Å². The molecule has 1 aromatic rings. The van der Waals surface area contributed by atoms with Gasteiger partial charge in [0.15, 0.2) is 5.82 Å². The van der Waals surface area contributed by atoms with Crippen LogP contribution in [-0.4, -0.2) is 24.1 Å². The van der Waals surface area contributed by atoms with Crippen LogP contribution in [0.15, 0.2) is 10.5 Å². The highest BCUT2D eigenvalue weighted by molar-refractivity contribution is 9.10. The van der Waals surface area contributed by atoms with Crippen LogP contribution in [0.25, 0.3) is 0 Å². The molecule has 74 valence electrons. The van der Waals surface area contributed by atoms with E-state index in [1.54, 1.807) is 0 Å². The molecule has 1 N–H and O–H groups in total. The Hall–Kier alpha value is -0.480. The number of hydrogen-bond donors (Lipinski definition) is 1. The number of aromatic nitrogens is 1. The Labute approximate surface area is 95.6 Å². The Morgan fingerprint density at radius 2 is 2.50 bits per heavy atom. The molecule has 3 nitrogen and oxygen atoms in total. The maximum Gasteiger partial charge on any atom is 0.151 e. The summed E-state index contributed by atoms with van der Waals surface area (Å²) in [5.74, 6) is 0.923. The van der Waals surface area contributed by atoms with Crippen LogP contribution < -0.4 is 10.2 Å². The van der Waals surface area contributed by atoms with Gasteiger partial charge in [0.2, 0.25) is 0 Å². The van der Waals surface area contributed by atoms with Gasteiger partial charge >= 0.3 is 0 Å². The van der Waals surface area contributed by atoms with E-state index in [0.29, 0.717) is 11.2 Å². The van der Waals surface area contributed by atoms with Crippen molar-refractivity contribution >= 4 is 39.0 Å². The molecule has 0 aromatic carbocycles. The first kappa shape index (κ1) is 8.80. The number of halogens is 2. The largest absolute Gasteiger partial charge is 0.366 e. The molecule has 2 bridgehead atoms. The second-order valence-corrected chi connectivity index (χ2v) is 4.92. The van der Waals surface area contributed by atoms with Gasteiger partial charge in [-0.05, 0) is 28.4 Å². The quantitative estimate of drug-likeness (QED) is 0.737. The third-order valence-electron chi connectivity index (χ3n) is 2.78. The molecule has 3 heterocycles. The van der Waals surface area contributed by atoms with Crippen molar-refractivity contribution in [2.24, 2.45) is 0 Å². The smallest absolute Gasteiger partial charge is 0.151 e. The summed E-state index contributed by atoms with van der Waals surface area (Å²) in [7, 11) is 0. The van der Waals surface area contributed by atoms with Crippen molar-refractivity contribution in [2.45, 2.75) is 12.5 Å². The first-order valence-electron chi connectivity index (χ1n) is 4.61. The van der Waals surface area contributed by atoms with E-state index in [1.807, 2.05) is 6.07 Å². The lowest BCUT2D eigenvalue weighted by molar-refractivity contribution is 0.788. The SMILES string of the molecule is Clc1nc2c(cc1Br)N1CC[C@@H](C1)N2. The number of rotatable bonds is 0. The number of nitrogens with one attached hydrogen (secondary N) is 1. The molecule has 2 aliphatic heterocycles. The first-order chi connectivity index (χ1) is 6.74. The summed E-state index contributed by atoms with van der Waals surface area (Å²) in [6, 6.07) is 2.59. The molecular formula is C9H9BrClN3. The predicted molar refractivity (Wildman–Crippen MR) is 61.2 cm³/mol. The van der Waals surface area contributed by atoms with Gasteiger partial charge in [0.05, 0.1) is 10.2 Å². The van der Waals surface area contributed by atoms with Crippen LogP contribution in [0.2, 0.25) is 5.15 Å². The highest BCUT2D eigenvalue weighted by atomic mass is 79.9. The molecule has 0 saturated carbocycles. The summed E-state index contributed by atoms with van der Waals surface area (Å²) in [6.07, 6.45) is 1.19. The maximum absolute atomic E-state index is 5.94. The van der Waals surface area contributed by atoms with Crippen LogP contribution in [0.4, 0.5) is 11.5 Å². The standard InChI is InChI=1S/C9H9BrClN3/c10-6-3-7-9(13-8(6)11)12-5-1-2-14(7)4-5/h3,5H,1-2,4H2,(H,12,13)/t5-/m0/s1. The number of pyridine rings is 1. The molecule has 1 fully saturated rings. The van der Waals surface area contributed by atoms with Gasteiger partial charge in [-0.2, -0.15) is 0 Å². The average molecular weight is 275 g/mol. The van der Waals surface area contributed by atoms with Gasteiger partial charge in [-0.15, -0.1) is 0 Å². The average Bonchev–Trinajstić information content (AvgIpc) is 2.54. The molecule has 0 spiro atoms. The van der Waals surface area contributed by atoms with E-state index < -0.39 is 0 Å². The van der Waals surface area contributed by atoms with Gasteiger partial charge in [-0.25, -0.2) is 4.98 Å². The van der Waals surface area contributed by atoms with E-state index in [0.717, 1.165) is 29.1 Å². The van der Waals surface area contributed by atoms with Crippen molar-refractivity contribution in [3.8, 4) is 0 Å². The lowest BCUT2D eigenvalue weighted by Gasteiger charge is -2.27. The molecule has 5 heteroatoms. The second-order valence-electron chi connectivity index (χ2n) is 3.70. The minimum atomic E-state index is 0.527. The van der Waals surface area contributed by atoms with E-state index >= 15 is 0 Å². The molecule has 0 unspecified atom stereocenters. The van der Waals surface area contributed by atoms with Crippen molar-refractivity contribution in [1.29, 1.82) is 0 Å². The second kappa shape index (κ2) is 3.00. The third-order valence-corrected chi connectivity index (χ3v) is 3.90. The summed E-state index contributed by atoms with van der Waals surface area (Å²) in [5, 5.41) is 3.92. The fourth-order valence-corrected chi connectivity index (χ4v) is 2.54. The first-order valence-corrected chi connectivity index (χ1v) is 5.78. The summed E-state index contributed by atoms with van der Waals surface area (Å²) < 4.78 is 0.866. The predicted octanol–water partition coefficient (Wildman–Crippen LogP) is 2.50. The van der Waals surface area contributed by atoms with Gasteiger partial charge in [-0.1, -0.05) is 11.6 Å². The highest BCUT2D eigenvalue weighted by Gasteiger charge is 2.31.